The smallest absolute Gasteiger partial charge is 0.305 e. The zero-order valence-electron chi connectivity index (χ0n) is 15.4. The molecule has 0 fully saturated rings. The average Bonchev–Trinajstić information content (AvgIpc) is 3.03. The van der Waals surface area contributed by atoms with Crippen molar-refractivity contribution in [3.63, 3.8) is 0 Å². The van der Waals surface area contributed by atoms with E-state index in [1.807, 2.05) is 19.1 Å². The summed E-state index contributed by atoms with van der Waals surface area (Å²) in [4.78, 5) is 28.2. The minimum atomic E-state index is -1.04. The van der Waals surface area contributed by atoms with E-state index in [0.717, 1.165) is 5.56 Å². The van der Waals surface area contributed by atoms with E-state index >= 15 is 0 Å². The van der Waals surface area contributed by atoms with Crippen LogP contribution in [0.15, 0.2) is 52.9 Å². The standard InChI is InChI=1S/C21H19FN2O4/c1-12-7-3-4-8-14(12)17(11-18(25)26)23-20(27)19-13(2)28-21(24-19)15-9-5-6-10-16(15)22/h3-10,17H,11H2,1-2H3,(H,23,27)(H,25,26). The van der Waals surface area contributed by atoms with Gasteiger partial charge in [-0.3, -0.25) is 9.59 Å². The van der Waals surface area contributed by atoms with Gasteiger partial charge in [-0.25, -0.2) is 9.37 Å². The molecule has 0 spiro atoms. The molecule has 0 bridgehead atoms. The molecule has 0 aliphatic rings. The summed E-state index contributed by atoms with van der Waals surface area (Å²) in [5.41, 5.74) is 1.69. The summed E-state index contributed by atoms with van der Waals surface area (Å²) in [6, 6.07) is 12.4. The predicted octanol–water partition coefficient (Wildman–Crippen LogP) is 4.04. The second-order valence-corrected chi connectivity index (χ2v) is 6.38. The first-order valence-electron chi connectivity index (χ1n) is 8.67. The van der Waals surface area contributed by atoms with Gasteiger partial charge in [-0.05, 0) is 37.1 Å². The number of nitrogens with zero attached hydrogens (tertiary/aromatic N) is 1. The van der Waals surface area contributed by atoms with Gasteiger partial charge in [0.2, 0.25) is 5.89 Å². The Kier molecular flexibility index (Phi) is 5.54. The molecule has 0 aliphatic carbocycles. The molecule has 0 aliphatic heterocycles. The summed E-state index contributed by atoms with van der Waals surface area (Å²) in [6.07, 6.45) is -0.284. The van der Waals surface area contributed by atoms with E-state index in [2.05, 4.69) is 10.3 Å². The highest BCUT2D eigenvalue weighted by molar-refractivity contribution is 5.94. The Morgan fingerprint density at radius 1 is 1.14 bits per heavy atom. The van der Waals surface area contributed by atoms with Crippen molar-refractivity contribution in [3.05, 3.63) is 76.9 Å². The third-order valence-electron chi connectivity index (χ3n) is 4.36. The first-order chi connectivity index (χ1) is 13.4. The lowest BCUT2D eigenvalue weighted by Gasteiger charge is -2.19. The molecular weight excluding hydrogens is 363 g/mol. The maximum atomic E-state index is 14.0. The van der Waals surface area contributed by atoms with E-state index in [4.69, 9.17) is 4.42 Å². The van der Waals surface area contributed by atoms with Crippen molar-refractivity contribution in [2.24, 2.45) is 0 Å². The number of aryl methyl sites for hydroxylation is 2. The van der Waals surface area contributed by atoms with Crippen LogP contribution in [0, 0.1) is 19.7 Å². The zero-order chi connectivity index (χ0) is 20.3. The molecule has 1 amide bonds. The fourth-order valence-electron chi connectivity index (χ4n) is 2.97. The van der Waals surface area contributed by atoms with Crippen molar-refractivity contribution < 1.29 is 23.5 Å². The van der Waals surface area contributed by atoms with Crippen molar-refractivity contribution in [1.82, 2.24) is 10.3 Å². The van der Waals surface area contributed by atoms with Crippen LogP contribution in [0.4, 0.5) is 4.39 Å². The number of aromatic nitrogens is 1. The highest BCUT2D eigenvalue weighted by Gasteiger charge is 2.24. The minimum absolute atomic E-state index is 0.00794. The van der Waals surface area contributed by atoms with Crippen LogP contribution < -0.4 is 5.32 Å². The molecule has 2 N–H and O–H groups in total. The predicted molar refractivity (Wildman–Crippen MR) is 100 cm³/mol. The molecule has 28 heavy (non-hydrogen) atoms. The van der Waals surface area contributed by atoms with Crippen LogP contribution in [0.3, 0.4) is 0 Å². The van der Waals surface area contributed by atoms with Crippen molar-refractivity contribution in [2.75, 3.05) is 0 Å². The van der Waals surface area contributed by atoms with Gasteiger partial charge >= 0.3 is 5.97 Å². The highest BCUT2D eigenvalue weighted by atomic mass is 19.1. The van der Waals surface area contributed by atoms with E-state index in [1.165, 1.54) is 12.1 Å². The maximum absolute atomic E-state index is 14.0. The number of amides is 1. The molecule has 1 atom stereocenters. The molecule has 0 saturated heterocycles. The summed E-state index contributed by atoms with van der Waals surface area (Å²) < 4.78 is 19.4. The Bertz CT molecular complexity index is 1030. The van der Waals surface area contributed by atoms with Crippen molar-refractivity contribution >= 4 is 11.9 Å². The number of aliphatic carboxylic acids is 1. The molecule has 3 aromatic rings. The molecule has 2 aromatic carbocycles. The number of oxazole rings is 1. The molecule has 3 rings (SSSR count). The number of carbonyl (C=O) groups excluding carboxylic acids is 1. The van der Waals surface area contributed by atoms with E-state index < -0.39 is 23.7 Å². The van der Waals surface area contributed by atoms with Gasteiger partial charge in [-0.2, -0.15) is 0 Å². The lowest BCUT2D eigenvalue weighted by Crippen LogP contribution is -2.31. The second kappa shape index (κ2) is 8.04. The van der Waals surface area contributed by atoms with Gasteiger partial charge < -0.3 is 14.8 Å². The first-order valence-corrected chi connectivity index (χ1v) is 8.67. The van der Waals surface area contributed by atoms with E-state index in [-0.39, 0.29) is 29.3 Å². The van der Waals surface area contributed by atoms with Gasteiger partial charge in [0.25, 0.3) is 5.91 Å². The number of carboxylic acids is 1. The monoisotopic (exact) mass is 382 g/mol. The Labute approximate surface area is 161 Å². The number of hydrogen-bond donors (Lipinski definition) is 2. The SMILES string of the molecule is Cc1ccccc1C(CC(=O)O)NC(=O)c1nc(-c2ccccc2F)oc1C. The summed E-state index contributed by atoms with van der Waals surface area (Å²) in [5.74, 6) is -1.93. The molecule has 144 valence electrons. The molecule has 0 saturated carbocycles. The topological polar surface area (TPSA) is 92.4 Å². The summed E-state index contributed by atoms with van der Waals surface area (Å²) in [5, 5.41) is 11.9. The molecule has 0 radical (unpaired) electrons. The number of carboxylic acid groups (broad SMARTS) is 1. The quantitative estimate of drug-likeness (QED) is 0.671. The van der Waals surface area contributed by atoms with Crippen molar-refractivity contribution in [2.45, 2.75) is 26.3 Å². The van der Waals surface area contributed by atoms with Gasteiger partial charge in [0.1, 0.15) is 11.6 Å². The van der Waals surface area contributed by atoms with E-state index in [0.29, 0.717) is 5.56 Å². The number of benzene rings is 2. The number of rotatable bonds is 6. The minimum Gasteiger partial charge on any atom is -0.481 e. The van der Waals surface area contributed by atoms with Crippen LogP contribution >= 0.6 is 0 Å². The third kappa shape index (κ3) is 4.09. The summed E-state index contributed by atoms with van der Waals surface area (Å²) in [6.45, 7) is 3.39. The molecule has 6 nitrogen and oxygen atoms in total. The molecular formula is C21H19FN2O4. The Morgan fingerprint density at radius 3 is 2.50 bits per heavy atom. The van der Waals surface area contributed by atoms with E-state index in [9.17, 15) is 19.1 Å². The van der Waals surface area contributed by atoms with Crippen LogP contribution in [-0.2, 0) is 4.79 Å². The number of hydrogen-bond acceptors (Lipinski definition) is 4. The van der Waals surface area contributed by atoms with Crippen LogP contribution in [0.5, 0.6) is 0 Å². The maximum Gasteiger partial charge on any atom is 0.305 e. The summed E-state index contributed by atoms with van der Waals surface area (Å²) in [7, 11) is 0. The molecule has 1 unspecified atom stereocenters. The fraction of sp³-hybridized carbons (Fsp3) is 0.190. The summed E-state index contributed by atoms with van der Waals surface area (Å²) >= 11 is 0. The van der Waals surface area contributed by atoms with Gasteiger partial charge in [-0.15, -0.1) is 0 Å². The fourth-order valence-corrected chi connectivity index (χ4v) is 2.97. The third-order valence-corrected chi connectivity index (χ3v) is 4.36. The average molecular weight is 382 g/mol. The largest absolute Gasteiger partial charge is 0.481 e. The second-order valence-electron chi connectivity index (χ2n) is 6.38. The van der Waals surface area contributed by atoms with Crippen molar-refractivity contribution in [3.8, 4) is 11.5 Å². The van der Waals surface area contributed by atoms with Crippen LogP contribution in [0.25, 0.3) is 11.5 Å². The van der Waals surface area contributed by atoms with Gasteiger partial charge in [0.05, 0.1) is 18.0 Å². The van der Waals surface area contributed by atoms with Crippen molar-refractivity contribution in [1.29, 1.82) is 0 Å². The van der Waals surface area contributed by atoms with Crippen LogP contribution in [0.1, 0.15) is 39.8 Å². The molecule has 1 heterocycles. The van der Waals surface area contributed by atoms with Gasteiger partial charge in [0.15, 0.2) is 5.69 Å². The number of halogens is 1. The zero-order valence-corrected chi connectivity index (χ0v) is 15.4. The van der Waals surface area contributed by atoms with Crippen LogP contribution in [0.2, 0.25) is 0 Å². The number of nitrogens with one attached hydrogen (secondary N) is 1. The van der Waals surface area contributed by atoms with E-state index in [1.54, 1.807) is 31.2 Å². The Balaban J connectivity index is 1.89. The molecule has 1 aromatic heterocycles. The molecule has 7 heteroatoms. The Morgan fingerprint density at radius 2 is 1.82 bits per heavy atom. The van der Waals surface area contributed by atoms with Gasteiger partial charge in [0, 0.05) is 0 Å². The normalized spacial score (nSPS) is 11.8. The van der Waals surface area contributed by atoms with Gasteiger partial charge in [-0.1, -0.05) is 36.4 Å². The first kappa shape index (κ1) is 19.3. The highest BCUT2D eigenvalue weighted by Crippen LogP contribution is 2.26. The lowest BCUT2D eigenvalue weighted by atomic mass is 9.98. The van der Waals surface area contributed by atoms with Crippen LogP contribution in [-0.4, -0.2) is 22.0 Å². The lowest BCUT2D eigenvalue weighted by molar-refractivity contribution is -0.137. The Hall–Kier alpha value is -3.48. The number of carbonyl (C=O) groups is 2.